The Morgan fingerprint density at radius 2 is 2.00 bits per heavy atom. The highest BCUT2D eigenvalue weighted by Gasteiger charge is 2.31. The Kier molecular flexibility index (Phi) is 3.57. The van der Waals surface area contributed by atoms with Gasteiger partial charge in [0.15, 0.2) is 11.5 Å². The molecule has 0 saturated heterocycles. The normalized spacial score (nSPS) is 17.3. The molecule has 1 atom stereocenters. The Labute approximate surface area is 138 Å². The van der Waals surface area contributed by atoms with E-state index in [1.807, 2.05) is 42.5 Å². The molecule has 0 bridgehead atoms. The van der Waals surface area contributed by atoms with Gasteiger partial charge in [-0.3, -0.25) is 9.59 Å². The van der Waals surface area contributed by atoms with Crippen LogP contribution in [0.2, 0.25) is 0 Å². The van der Waals surface area contributed by atoms with E-state index in [4.69, 9.17) is 9.47 Å². The molecule has 2 N–H and O–H groups in total. The van der Waals surface area contributed by atoms with E-state index in [-0.39, 0.29) is 25.0 Å². The highest BCUT2D eigenvalue weighted by Crippen LogP contribution is 2.34. The molecule has 2 amide bonds. The minimum Gasteiger partial charge on any atom is -0.454 e. The van der Waals surface area contributed by atoms with Crippen LogP contribution in [0.4, 0.5) is 5.69 Å². The Morgan fingerprint density at radius 1 is 1.17 bits per heavy atom. The number of carbonyl (C=O) groups excluding carboxylic acids is 2. The molecule has 0 aliphatic carbocycles. The lowest BCUT2D eigenvalue weighted by atomic mass is 9.97. The van der Waals surface area contributed by atoms with Crippen LogP contribution in [-0.4, -0.2) is 18.6 Å². The molecular weight excluding hydrogens is 308 g/mol. The molecule has 4 rings (SSSR count). The molecule has 0 radical (unpaired) electrons. The molecular formula is C18H16N2O4. The Morgan fingerprint density at radius 3 is 2.92 bits per heavy atom. The molecule has 24 heavy (non-hydrogen) atoms. The van der Waals surface area contributed by atoms with E-state index in [0.29, 0.717) is 18.0 Å². The first-order valence-electron chi connectivity index (χ1n) is 7.76. The second-order valence-corrected chi connectivity index (χ2v) is 5.80. The minimum atomic E-state index is -0.432. The van der Waals surface area contributed by atoms with Gasteiger partial charge in [0, 0.05) is 18.7 Å². The van der Waals surface area contributed by atoms with E-state index in [0.717, 1.165) is 16.8 Å². The molecule has 0 aromatic heterocycles. The van der Waals surface area contributed by atoms with E-state index in [2.05, 4.69) is 10.6 Å². The van der Waals surface area contributed by atoms with Crippen LogP contribution in [0.3, 0.4) is 0 Å². The van der Waals surface area contributed by atoms with Gasteiger partial charge in [0.2, 0.25) is 18.6 Å². The van der Waals surface area contributed by atoms with Gasteiger partial charge in [-0.1, -0.05) is 24.3 Å². The summed E-state index contributed by atoms with van der Waals surface area (Å²) in [6, 6.07) is 13.0. The highest BCUT2D eigenvalue weighted by molar-refractivity contribution is 6.04. The topological polar surface area (TPSA) is 76.7 Å². The van der Waals surface area contributed by atoms with E-state index < -0.39 is 5.92 Å². The molecule has 0 saturated carbocycles. The Bertz CT molecular complexity index is 818. The molecule has 6 heteroatoms. The molecule has 2 aromatic rings. The molecule has 2 aliphatic heterocycles. The third-order valence-corrected chi connectivity index (χ3v) is 4.23. The van der Waals surface area contributed by atoms with Gasteiger partial charge < -0.3 is 20.1 Å². The number of hydrogen-bond donors (Lipinski definition) is 2. The van der Waals surface area contributed by atoms with Crippen LogP contribution in [-0.2, 0) is 16.1 Å². The highest BCUT2D eigenvalue weighted by atomic mass is 16.7. The van der Waals surface area contributed by atoms with Gasteiger partial charge >= 0.3 is 0 Å². The average molecular weight is 324 g/mol. The Hall–Kier alpha value is -3.02. The van der Waals surface area contributed by atoms with Gasteiger partial charge in [-0.05, 0) is 29.3 Å². The predicted molar refractivity (Wildman–Crippen MR) is 86.8 cm³/mol. The smallest absolute Gasteiger partial charge is 0.232 e. The van der Waals surface area contributed by atoms with Gasteiger partial charge in [-0.2, -0.15) is 0 Å². The van der Waals surface area contributed by atoms with Crippen LogP contribution in [0.25, 0.3) is 0 Å². The van der Waals surface area contributed by atoms with Crippen molar-refractivity contribution >= 4 is 17.5 Å². The summed E-state index contributed by atoms with van der Waals surface area (Å²) in [5.74, 6) is 0.673. The zero-order valence-corrected chi connectivity index (χ0v) is 12.9. The van der Waals surface area contributed by atoms with Crippen molar-refractivity contribution in [3.05, 3.63) is 53.6 Å². The lowest BCUT2D eigenvalue weighted by Crippen LogP contribution is -2.26. The monoisotopic (exact) mass is 324 g/mol. The number of fused-ring (bicyclic) bond motifs is 2. The number of benzene rings is 2. The van der Waals surface area contributed by atoms with Crippen molar-refractivity contribution in [3.8, 4) is 11.5 Å². The first-order chi connectivity index (χ1) is 11.7. The van der Waals surface area contributed by atoms with Gasteiger partial charge in [-0.15, -0.1) is 0 Å². The number of amides is 2. The summed E-state index contributed by atoms with van der Waals surface area (Å²) in [6.45, 7) is 0.604. The fourth-order valence-corrected chi connectivity index (χ4v) is 2.99. The maximum absolute atomic E-state index is 12.2. The van der Waals surface area contributed by atoms with Crippen molar-refractivity contribution in [1.82, 2.24) is 5.32 Å². The lowest BCUT2D eigenvalue weighted by Gasteiger charge is -2.10. The van der Waals surface area contributed by atoms with Crippen LogP contribution < -0.4 is 20.1 Å². The van der Waals surface area contributed by atoms with E-state index in [1.165, 1.54) is 0 Å². The second kappa shape index (κ2) is 5.88. The summed E-state index contributed by atoms with van der Waals surface area (Å²) in [7, 11) is 0. The molecule has 6 nitrogen and oxygen atoms in total. The summed E-state index contributed by atoms with van der Waals surface area (Å²) in [5, 5.41) is 5.66. The summed E-state index contributed by atoms with van der Waals surface area (Å²) < 4.78 is 10.6. The van der Waals surface area contributed by atoms with Crippen LogP contribution in [0, 0.1) is 0 Å². The SMILES string of the molecule is O=C(CC1C(=O)Nc2ccccc21)NCc1ccc2c(c1)OCO2. The van der Waals surface area contributed by atoms with Crippen molar-refractivity contribution in [2.24, 2.45) is 0 Å². The summed E-state index contributed by atoms with van der Waals surface area (Å²) in [5.41, 5.74) is 2.58. The van der Waals surface area contributed by atoms with Gasteiger partial charge in [0.05, 0.1) is 5.92 Å². The average Bonchev–Trinajstić information content (AvgIpc) is 3.17. The standard InChI is InChI=1S/C18H16N2O4/c21-17(8-13-12-3-1-2-4-14(12)20-18(13)22)19-9-11-5-6-15-16(7-11)24-10-23-15/h1-7,13H,8-10H2,(H,19,21)(H,20,22). The van der Waals surface area contributed by atoms with E-state index in [9.17, 15) is 9.59 Å². The first-order valence-corrected chi connectivity index (χ1v) is 7.76. The molecule has 122 valence electrons. The van der Waals surface area contributed by atoms with Gasteiger partial charge in [0.25, 0.3) is 0 Å². The quantitative estimate of drug-likeness (QED) is 0.903. The summed E-state index contributed by atoms with van der Waals surface area (Å²) >= 11 is 0. The Balaban J connectivity index is 1.38. The number of nitrogens with one attached hydrogen (secondary N) is 2. The van der Waals surface area contributed by atoms with Crippen molar-refractivity contribution < 1.29 is 19.1 Å². The summed E-state index contributed by atoms with van der Waals surface area (Å²) in [6.07, 6.45) is 0.132. The fourth-order valence-electron chi connectivity index (χ4n) is 2.99. The lowest BCUT2D eigenvalue weighted by molar-refractivity contribution is -0.125. The molecule has 1 unspecified atom stereocenters. The molecule has 0 spiro atoms. The van der Waals surface area contributed by atoms with Crippen molar-refractivity contribution in [1.29, 1.82) is 0 Å². The van der Waals surface area contributed by atoms with Crippen molar-refractivity contribution in [3.63, 3.8) is 0 Å². The third-order valence-electron chi connectivity index (χ3n) is 4.23. The largest absolute Gasteiger partial charge is 0.454 e. The number of rotatable bonds is 4. The van der Waals surface area contributed by atoms with E-state index >= 15 is 0 Å². The van der Waals surface area contributed by atoms with Gasteiger partial charge in [0.1, 0.15) is 0 Å². The predicted octanol–water partition coefficient (Wildman–Crippen LogP) is 2.16. The maximum atomic E-state index is 12.2. The van der Waals surface area contributed by atoms with Crippen molar-refractivity contribution in [2.75, 3.05) is 12.1 Å². The maximum Gasteiger partial charge on any atom is 0.232 e. The number of hydrogen-bond acceptors (Lipinski definition) is 4. The minimum absolute atomic E-state index is 0.130. The molecule has 2 aliphatic rings. The third kappa shape index (κ3) is 2.67. The van der Waals surface area contributed by atoms with Gasteiger partial charge in [-0.25, -0.2) is 0 Å². The number of para-hydroxylation sites is 1. The van der Waals surface area contributed by atoms with Crippen LogP contribution in [0.5, 0.6) is 11.5 Å². The number of ether oxygens (including phenoxy) is 2. The van der Waals surface area contributed by atoms with Crippen LogP contribution in [0.1, 0.15) is 23.5 Å². The fraction of sp³-hybridized carbons (Fsp3) is 0.222. The van der Waals surface area contributed by atoms with Crippen LogP contribution >= 0.6 is 0 Å². The van der Waals surface area contributed by atoms with Crippen molar-refractivity contribution in [2.45, 2.75) is 18.9 Å². The molecule has 0 fully saturated rings. The zero-order valence-electron chi connectivity index (χ0n) is 12.9. The second-order valence-electron chi connectivity index (χ2n) is 5.80. The first kappa shape index (κ1) is 14.6. The number of anilines is 1. The molecule has 2 aromatic carbocycles. The zero-order chi connectivity index (χ0) is 16.5. The number of carbonyl (C=O) groups is 2. The summed E-state index contributed by atoms with van der Waals surface area (Å²) in [4.78, 5) is 24.3. The molecule has 2 heterocycles. The van der Waals surface area contributed by atoms with Crippen LogP contribution in [0.15, 0.2) is 42.5 Å². The van der Waals surface area contributed by atoms with E-state index in [1.54, 1.807) is 0 Å².